The molecule has 1 fully saturated rings. The molecule has 182 valence electrons. The fraction of sp³-hybridized carbons (Fsp3) is 0.407. The fourth-order valence-corrected chi connectivity index (χ4v) is 4.45. The lowest BCUT2D eigenvalue weighted by atomic mass is 10.0. The first-order chi connectivity index (χ1) is 16.4. The van der Waals surface area contributed by atoms with E-state index in [2.05, 4.69) is 46.8 Å². The summed E-state index contributed by atoms with van der Waals surface area (Å²) in [7, 11) is 0. The molecule has 7 heteroatoms. The van der Waals surface area contributed by atoms with Crippen molar-refractivity contribution in [2.24, 2.45) is 0 Å². The van der Waals surface area contributed by atoms with Gasteiger partial charge in [0.1, 0.15) is 12.4 Å². The van der Waals surface area contributed by atoms with Crippen LogP contribution in [0.15, 0.2) is 42.8 Å². The van der Waals surface area contributed by atoms with E-state index in [1.54, 1.807) is 0 Å². The Balaban J connectivity index is 1.55. The second kappa shape index (κ2) is 12.1. The number of benzene rings is 1. The highest BCUT2D eigenvalue weighted by Gasteiger charge is 2.25. The van der Waals surface area contributed by atoms with Crippen molar-refractivity contribution >= 4 is 36.2 Å². The number of rotatable bonds is 14. The van der Waals surface area contributed by atoms with Crippen molar-refractivity contribution in [2.45, 2.75) is 51.0 Å². The van der Waals surface area contributed by atoms with Crippen LogP contribution in [0.25, 0.3) is 23.9 Å². The number of hydrogen-bond acceptors (Lipinski definition) is 4. The zero-order chi connectivity index (χ0) is 24.5. The van der Waals surface area contributed by atoms with E-state index in [-0.39, 0.29) is 11.9 Å². The first-order valence-corrected chi connectivity index (χ1v) is 11.9. The summed E-state index contributed by atoms with van der Waals surface area (Å²) in [5.74, 6) is 0.736. The van der Waals surface area contributed by atoms with Crippen LogP contribution < -0.4 is 31.4 Å². The van der Waals surface area contributed by atoms with Gasteiger partial charge in [0.25, 0.3) is 0 Å². The Bertz CT molecular complexity index is 1150. The zero-order valence-corrected chi connectivity index (χ0v) is 20.0. The van der Waals surface area contributed by atoms with Gasteiger partial charge in [0.05, 0.1) is 6.04 Å². The predicted octanol–water partition coefficient (Wildman–Crippen LogP) is 2.61. The molecule has 1 aliphatic heterocycles. The Morgan fingerprint density at radius 2 is 1.85 bits per heavy atom. The molecule has 1 aromatic carbocycles. The summed E-state index contributed by atoms with van der Waals surface area (Å²) in [5.41, 5.74) is 1.50. The molecule has 0 bridgehead atoms. The number of ether oxygens (including phenoxy) is 1. The maximum absolute atomic E-state index is 11.7. The molecule has 3 N–H and O–H groups in total. The van der Waals surface area contributed by atoms with Gasteiger partial charge in [-0.05, 0) is 25.3 Å². The lowest BCUT2D eigenvalue weighted by Gasteiger charge is -2.27. The van der Waals surface area contributed by atoms with E-state index < -0.39 is 0 Å². The van der Waals surface area contributed by atoms with Gasteiger partial charge in [0.2, 0.25) is 12.3 Å². The molecule has 2 heterocycles. The van der Waals surface area contributed by atoms with Crippen LogP contribution in [0.1, 0.15) is 51.0 Å². The van der Waals surface area contributed by atoms with Gasteiger partial charge < -0.3 is 25.3 Å². The van der Waals surface area contributed by atoms with E-state index in [4.69, 9.17) is 4.74 Å². The highest BCUT2D eigenvalue weighted by molar-refractivity contribution is 5.89. The molecule has 1 saturated heterocycles. The number of nitrogens with one attached hydrogen (secondary N) is 3. The maximum Gasteiger partial charge on any atom is 0.224 e. The largest absolute Gasteiger partial charge is 0.487 e. The summed E-state index contributed by atoms with van der Waals surface area (Å²) < 4.78 is 8.18. The number of piperidine rings is 1. The number of hydrogen-bond donors (Lipinski definition) is 3. The Morgan fingerprint density at radius 3 is 2.59 bits per heavy atom. The third kappa shape index (κ3) is 6.10. The maximum atomic E-state index is 11.7. The van der Waals surface area contributed by atoms with Gasteiger partial charge in [-0.15, -0.1) is 0 Å². The van der Waals surface area contributed by atoms with Gasteiger partial charge in [-0.25, -0.2) is 0 Å². The third-order valence-corrected chi connectivity index (χ3v) is 6.22. The molecular formula is C27H36N4O3. The van der Waals surface area contributed by atoms with Crippen LogP contribution in [0, 0.1) is 0 Å². The molecular weight excluding hydrogens is 428 g/mol. The summed E-state index contributed by atoms with van der Waals surface area (Å²) in [6.07, 6.45) is 7.36. The molecule has 0 spiro atoms. The molecule has 1 atom stereocenters. The van der Waals surface area contributed by atoms with Gasteiger partial charge in [0.15, 0.2) is 0 Å². The van der Waals surface area contributed by atoms with Crippen molar-refractivity contribution in [3.8, 4) is 5.75 Å². The molecule has 2 aromatic rings. The number of aromatic nitrogens is 1. The van der Waals surface area contributed by atoms with E-state index in [1.807, 2.05) is 18.2 Å². The predicted molar refractivity (Wildman–Crippen MR) is 138 cm³/mol. The van der Waals surface area contributed by atoms with Crippen molar-refractivity contribution in [1.82, 2.24) is 20.5 Å². The minimum Gasteiger partial charge on any atom is -0.487 e. The Labute approximate surface area is 201 Å². The molecule has 3 rings (SSSR count). The molecule has 0 aliphatic carbocycles. The Hall–Kier alpha value is -3.48. The molecule has 2 amide bonds. The van der Waals surface area contributed by atoms with Gasteiger partial charge in [-0.1, -0.05) is 57.7 Å². The Morgan fingerprint density at radius 1 is 1.12 bits per heavy atom. The van der Waals surface area contributed by atoms with E-state index in [0.29, 0.717) is 25.1 Å². The van der Waals surface area contributed by atoms with Gasteiger partial charge in [-0.2, -0.15) is 0 Å². The van der Waals surface area contributed by atoms with Crippen LogP contribution in [0.3, 0.4) is 0 Å². The summed E-state index contributed by atoms with van der Waals surface area (Å²) in [5, 5.41) is 12.4. The number of carbonyl (C=O) groups is 2. The van der Waals surface area contributed by atoms with E-state index in [0.717, 1.165) is 84.5 Å². The SMILES string of the molecule is C=C(COc1cccc2c(=C)n(C3CCC(=O)NC3=C)c(=C)c12)NCCCCCCCNC=O. The molecule has 1 unspecified atom stereocenters. The van der Waals surface area contributed by atoms with Crippen molar-refractivity contribution < 1.29 is 14.3 Å². The normalized spacial score (nSPS) is 15.7. The first kappa shape index (κ1) is 25.1. The number of amides is 2. The molecule has 34 heavy (non-hydrogen) atoms. The molecule has 0 radical (unpaired) electrons. The van der Waals surface area contributed by atoms with E-state index in [1.165, 1.54) is 0 Å². The number of nitrogens with zero attached hydrogens (tertiary/aromatic N) is 1. The quantitative estimate of drug-likeness (QED) is 0.296. The summed E-state index contributed by atoms with van der Waals surface area (Å²) >= 11 is 0. The van der Waals surface area contributed by atoms with Gasteiger partial charge >= 0.3 is 0 Å². The summed E-state index contributed by atoms with van der Waals surface area (Å²) in [6, 6.07) is 5.83. The van der Waals surface area contributed by atoms with Crippen molar-refractivity contribution in [3.63, 3.8) is 0 Å². The smallest absolute Gasteiger partial charge is 0.224 e. The van der Waals surface area contributed by atoms with Crippen molar-refractivity contribution in [1.29, 1.82) is 0 Å². The minimum atomic E-state index is -0.0733. The lowest BCUT2D eigenvalue weighted by Crippen LogP contribution is -2.40. The fourth-order valence-electron chi connectivity index (χ4n) is 4.45. The minimum absolute atomic E-state index is 0.00360. The van der Waals surface area contributed by atoms with Crippen LogP contribution in [0.5, 0.6) is 5.75 Å². The van der Waals surface area contributed by atoms with Gasteiger partial charge in [-0.3, -0.25) is 9.59 Å². The van der Waals surface area contributed by atoms with E-state index >= 15 is 0 Å². The van der Waals surface area contributed by atoms with Crippen molar-refractivity contribution in [2.75, 3.05) is 19.7 Å². The average Bonchev–Trinajstić information content (AvgIpc) is 3.07. The monoisotopic (exact) mass is 464 g/mol. The average molecular weight is 465 g/mol. The Kier molecular flexibility index (Phi) is 8.96. The number of allylic oxidation sites excluding steroid dienone is 1. The lowest BCUT2D eigenvalue weighted by molar-refractivity contribution is -0.121. The van der Waals surface area contributed by atoms with Crippen LogP contribution in [0.2, 0.25) is 0 Å². The topological polar surface area (TPSA) is 84.4 Å². The third-order valence-electron chi connectivity index (χ3n) is 6.22. The second-order valence-corrected chi connectivity index (χ2v) is 8.73. The van der Waals surface area contributed by atoms with Crippen molar-refractivity contribution in [3.05, 3.63) is 53.4 Å². The second-order valence-electron chi connectivity index (χ2n) is 8.73. The van der Waals surface area contributed by atoms with Gasteiger partial charge in [0, 0.05) is 52.4 Å². The molecule has 1 aromatic heterocycles. The number of unbranched alkanes of at least 4 members (excludes halogenated alkanes) is 4. The van der Waals surface area contributed by atoms with Crippen LogP contribution in [0.4, 0.5) is 0 Å². The molecule has 0 saturated carbocycles. The van der Waals surface area contributed by atoms with Crippen LogP contribution >= 0.6 is 0 Å². The zero-order valence-electron chi connectivity index (χ0n) is 20.0. The number of carbonyl (C=O) groups excluding carboxylic acids is 2. The molecule has 7 nitrogen and oxygen atoms in total. The van der Waals surface area contributed by atoms with Crippen LogP contribution in [-0.4, -0.2) is 36.6 Å². The first-order valence-electron chi connectivity index (χ1n) is 11.9. The highest BCUT2D eigenvalue weighted by atomic mass is 16.5. The highest BCUT2D eigenvalue weighted by Crippen LogP contribution is 2.26. The number of fused-ring (bicyclic) bond motifs is 1. The van der Waals surface area contributed by atoms with Crippen LogP contribution in [-0.2, 0) is 9.59 Å². The summed E-state index contributed by atoms with van der Waals surface area (Å²) in [6.45, 7) is 18.7. The standard InChI is InChI=1S/C27H36N4O3/c1-19(29-16-9-7-5-6-8-15-28-18-32)17-34-25-12-10-11-23-21(3)31(22(4)27(23)25)24-13-14-26(33)30-20(24)2/h10-12,18,24,29H,1-9,13-17H2,(H,28,32)(H,30,33). The summed E-state index contributed by atoms with van der Waals surface area (Å²) in [4.78, 5) is 21.9. The molecule has 1 aliphatic rings. The van der Waals surface area contributed by atoms with E-state index in [9.17, 15) is 9.59 Å².